The molecule has 0 fully saturated rings. The Balaban J connectivity index is 2.26. The lowest BCUT2D eigenvalue weighted by molar-refractivity contribution is 0.0526. The molecule has 1 aliphatic heterocycles. The van der Waals surface area contributed by atoms with E-state index < -0.39 is 13.3 Å². The van der Waals surface area contributed by atoms with E-state index in [2.05, 4.69) is 0 Å². The first kappa shape index (κ1) is 11.5. The van der Waals surface area contributed by atoms with E-state index in [9.17, 15) is 9.69 Å². The van der Waals surface area contributed by atoms with Gasteiger partial charge >= 0.3 is 13.3 Å². The number of fused-ring (bicyclic) bond motifs is 1. The average molecular weight is 264 g/mol. The fourth-order valence-corrected chi connectivity index (χ4v) is 2.52. The lowest BCUT2D eigenvalue weighted by Gasteiger charge is -2.10. The summed E-state index contributed by atoms with van der Waals surface area (Å²) in [5.74, 6) is 0.104. The lowest BCUT2D eigenvalue weighted by atomic mass is 10.2. The predicted octanol–water partition coefficient (Wildman–Crippen LogP) is 2.54. The summed E-state index contributed by atoms with van der Waals surface area (Å²) in [7, 11) is -3.32. The second-order valence-corrected chi connectivity index (χ2v) is 5.57. The number of ether oxygens (including phenoxy) is 1. The van der Waals surface area contributed by atoms with Crippen LogP contribution in [0.5, 0.6) is 11.5 Å². The number of carbonyl (C=O) groups is 1. The van der Waals surface area contributed by atoms with Crippen LogP contribution in [-0.2, 0) is 4.74 Å². The van der Waals surface area contributed by atoms with Crippen LogP contribution < -0.4 is 9.05 Å². The largest absolute Gasteiger partial charge is 0.462 e. The van der Waals surface area contributed by atoms with Crippen molar-refractivity contribution in [3.8, 4) is 11.5 Å². The molecule has 1 unspecified atom stereocenters. The van der Waals surface area contributed by atoms with Crippen molar-refractivity contribution < 1.29 is 23.5 Å². The Morgan fingerprint density at radius 2 is 2.19 bits per heavy atom. The van der Waals surface area contributed by atoms with Crippen molar-refractivity contribution in [2.45, 2.75) is 6.92 Å². The number of hydrogen-bond donors (Lipinski definition) is 1. The molecule has 0 bridgehead atoms. The smallest absolute Gasteiger partial charge is 0.436 e. The maximum atomic E-state index is 11.4. The summed E-state index contributed by atoms with van der Waals surface area (Å²) in [4.78, 5) is 20.8. The fourth-order valence-electron chi connectivity index (χ4n) is 1.26. The van der Waals surface area contributed by atoms with Gasteiger partial charge < -0.3 is 18.7 Å². The minimum atomic E-state index is -3.32. The minimum Gasteiger partial charge on any atom is -0.462 e. The van der Waals surface area contributed by atoms with Gasteiger partial charge in [-0.05, 0) is 25.1 Å². The van der Waals surface area contributed by atoms with Crippen LogP contribution in [0.4, 0.5) is 0 Å². The van der Waals surface area contributed by atoms with Crippen molar-refractivity contribution in [2.24, 2.45) is 0 Å². The Bertz CT molecular complexity index is 434. The molecular weight excluding hydrogens is 255 g/mol. The van der Waals surface area contributed by atoms with Gasteiger partial charge in [0, 0.05) is 11.2 Å². The molecule has 1 aromatic carbocycles. The second-order valence-electron chi connectivity index (χ2n) is 3.02. The minimum absolute atomic E-state index is 0.247. The zero-order valence-corrected chi connectivity index (χ0v) is 9.99. The van der Waals surface area contributed by atoms with Crippen LogP contribution in [-0.4, -0.2) is 17.5 Å². The van der Waals surface area contributed by atoms with E-state index in [1.54, 1.807) is 6.92 Å². The van der Waals surface area contributed by atoms with Crippen LogP contribution in [0.3, 0.4) is 0 Å². The van der Waals surface area contributed by atoms with E-state index in [0.717, 1.165) is 0 Å². The maximum Gasteiger partial charge on any atom is 0.436 e. The van der Waals surface area contributed by atoms with Gasteiger partial charge in [-0.3, -0.25) is 0 Å². The molecule has 5 nitrogen and oxygen atoms in total. The monoisotopic (exact) mass is 263 g/mol. The van der Waals surface area contributed by atoms with Crippen LogP contribution in [0, 0.1) is 0 Å². The highest BCUT2D eigenvalue weighted by Gasteiger charge is 2.37. The van der Waals surface area contributed by atoms with Crippen LogP contribution in [0.2, 0.25) is 0 Å². The van der Waals surface area contributed by atoms with E-state index in [0.29, 0.717) is 17.9 Å². The summed E-state index contributed by atoms with van der Waals surface area (Å²) in [6.45, 7) is 2.01. The first-order chi connectivity index (χ1) is 7.52. The average Bonchev–Trinajstić information content (AvgIpc) is 2.50. The highest BCUT2D eigenvalue weighted by molar-refractivity contribution is 7.87. The highest BCUT2D eigenvalue weighted by atomic mass is 35.7. The Hall–Kier alpha value is -1.03. The molecule has 0 aromatic heterocycles. The molecule has 0 spiro atoms. The van der Waals surface area contributed by atoms with Crippen molar-refractivity contribution in [1.29, 1.82) is 0 Å². The van der Waals surface area contributed by atoms with Gasteiger partial charge in [-0.25, -0.2) is 4.79 Å². The second kappa shape index (κ2) is 4.09. The molecule has 1 aromatic rings. The van der Waals surface area contributed by atoms with E-state index in [1.165, 1.54) is 18.2 Å². The standard InChI is InChI=1S/C9H9ClO5P/c1-2-13-9(11)6-3-4-7-8(5-6)15-16(10,12)14-7/h3-5,12H,2H2,1H3. The molecule has 16 heavy (non-hydrogen) atoms. The number of rotatable bonds is 2. The van der Waals surface area contributed by atoms with E-state index >= 15 is 0 Å². The van der Waals surface area contributed by atoms with Crippen molar-refractivity contribution in [3.63, 3.8) is 0 Å². The van der Waals surface area contributed by atoms with Gasteiger partial charge in [0.05, 0.1) is 12.2 Å². The summed E-state index contributed by atoms with van der Waals surface area (Å²) in [6, 6.07) is 4.44. The Labute approximate surface area is 97.3 Å². The summed E-state index contributed by atoms with van der Waals surface area (Å²) >= 11 is 5.53. The molecule has 0 saturated heterocycles. The number of carbonyl (C=O) groups excluding carboxylic acids is 1. The van der Waals surface area contributed by atoms with E-state index in [4.69, 9.17) is 25.0 Å². The zero-order chi connectivity index (χ0) is 11.8. The molecule has 7 heteroatoms. The fraction of sp³-hybridized carbons (Fsp3) is 0.222. The van der Waals surface area contributed by atoms with Gasteiger partial charge in [-0.1, -0.05) is 0 Å². The van der Waals surface area contributed by atoms with Crippen molar-refractivity contribution in [1.82, 2.24) is 0 Å². The number of halogens is 1. The van der Waals surface area contributed by atoms with Gasteiger partial charge in [0.25, 0.3) is 0 Å². The molecule has 1 aliphatic rings. The maximum absolute atomic E-state index is 11.4. The third-order valence-electron chi connectivity index (χ3n) is 1.88. The quantitative estimate of drug-likeness (QED) is 0.656. The van der Waals surface area contributed by atoms with Crippen LogP contribution in [0.15, 0.2) is 18.2 Å². The summed E-state index contributed by atoms with van der Waals surface area (Å²) in [6.07, 6.45) is 0. The summed E-state index contributed by atoms with van der Waals surface area (Å²) in [5, 5.41) is 0. The van der Waals surface area contributed by atoms with Crippen LogP contribution in [0.25, 0.3) is 0 Å². The number of esters is 1. The van der Waals surface area contributed by atoms with Gasteiger partial charge in [-0.15, -0.1) is 0 Å². The molecule has 1 atom stereocenters. The van der Waals surface area contributed by atoms with Gasteiger partial charge in [0.1, 0.15) is 0 Å². The molecular formula is C9H9ClO5P. The normalized spacial score (nSPS) is 21.9. The molecule has 2 rings (SSSR count). The molecule has 0 amide bonds. The molecule has 0 saturated carbocycles. The SMILES string of the molecule is CCOC(=O)c1ccc2c(c1)O[P](O)(Cl)O2. The first-order valence-electron chi connectivity index (χ1n) is 4.53. The van der Waals surface area contributed by atoms with Gasteiger partial charge in [0.15, 0.2) is 11.5 Å². The van der Waals surface area contributed by atoms with Gasteiger partial charge in [0.2, 0.25) is 0 Å². The van der Waals surface area contributed by atoms with E-state index in [-0.39, 0.29) is 5.75 Å². The van der Waals surface area contributed by atoms with Gasteiger partial charge in [-0.2, -0.15) is 0 Å². The zero-order valence-electron chi connectivity index (χ0n) is 8.34. The Morgan fingerprint density at radius 1 is 1.50 bits per heavy atom. The molecule has 87 valence electrons. The van der Waals surface area contributed by atoms with E-state index in [1.807, 2.05) is 0 Å². The van der Waals surface area contributed by atoms with Crippen molar-refractivity contribution >= 4 is 24.5 Å². The topological polar surface area (TPSA) is 65.0 Å². The Kier molecular flexibility index (Phi) is 2.93. The number of hydrogen-bond acceptors (Lipinski definition) is 5. The third kappa shape index (κ3) is 2.21. The number of benzene rings is 1. The Morgan fingerprint density at radius 3 is 2.88 bits per heavy atom. The third-order valence-corrected chi connectivity index (χ3v) is 3.13. The molecule has 1 heterocycles. The van der Waals surface area contributed by atoms with Crippen LogP contribution >= 0.6 is 18.5 Å². The molecule has 1 radical (unpaired) electrons. The lowest BCUT2D eigenvalue weighted by Crippen LogP contribution is -2.04. The van der Waals surface area contributed by atoms with Crippen LogP contribution in [0.1, 0.15) is 17.3 Å². The molecule has 0 aliphatic carbocycles. The van der Waals surface area contributed by atoms with Crippen molar-refractivity contribution in [3.05, 3.63) is 23.8 Å². The van der Waals surface area contributed by atoms with Crippen molar-refractivity contribution in [2.75, 3.05) is 6.61 Å². The molecule has 1 N–H and O–H groups in total. The summed E-state index contributed by atoms with van der Waals surface area (Å²) in [5.41, 5.74) is 0.322. The highest BCUT2D eigenvalue weighted by Crippen LogP contribution is 2.67. The first-order valence-corrected chi connectivity index (χ1v) is 7.02. The predicted molar refractivity (Wildman–Crippen MR) is 58.6 cm³/mol. The summed E-state index contributed by atoms with van der Waals surface area (Å²) < 4.78 is 14.7.